The Hall–Kier alpha value is -1.40. The minimum atomic E-state index is -1.06. The summed E-state index contributed by atoms with van der Waals surface area (Å²) in [4.78, 5) is 32.0. The summed E-state index contributed by atoms with van der Waals surface area (Å²) in [5.74, 6) is -0.539. The van der Waals surface area contributed by atoms with E-state index in [1.165, 1.54) is 18.6 Å². The number of carbonyl (C=O) groups is 2. The number of amides is 2. The fourth-order valence-electron chi connectivity index (χ4n) is 2.06. The molecule has 8 heteroatoms. The number of piperidine rings is 1. The first-order chi connectivity index (χ1) is 9.58. The third-order valence-corrected chi connectivity index (χ3v) is 3.51. The molecule has 0 unspecified atom stereocenters. The first kappa shape index (κ1) is 15.0. The third-order valence-electron chi connectivity index (χ3n) is 3.11. The molecule has 108 valence electrons. The monoisotopic (exact) mass is 316 g/mol. The van der Waals surface area contributed by atoms with E-state index < -0.39 is 10.7 Å². The Morgan fingerprint density at radius 2 is 2.00 bits per heavy atom. The summed E-state index contributed by atoms with van der Waals surface area (Å²) in [7, 11) is 0. The Kier molecular flexibility index (Phi) is 5.14. The lowest BCUT2D eigenvalue weighted by molar-refractivity contribution is -0.120. The molecular formula is C12H14Cl2N4O2. The van der Waals surface area contributed by atoms with E-state index in [1.807, 2.05) is 0 Å². The van der Waals surface area contributed by atoms with Crippen LogP contribution < -0.4 is 5.32 Å². The molecule has 2 heterocycles. The smallest absolute Gasteiger partial charge is 0.274 e. The van der Waals surface area contributed by atoms with Crippen LogP contribution >= 0.6 is 23.2 Å². The summed E-state index contributed by atoms with van der Waals surface area (Å²) in [6, 6.07) is -0.00610. The first-order valence-corrected chi connectivity index (χ1v) is 7.09. The minimum absolute atomic E-state index is 0.00610. The molecule has 1 aliphatic heterocycles. The summed E-state index contributed by atoms with van der Waals surface area (Å²) in [6.07, 6.45) is 5.78. The molecular weight excluding hydrogens is 303 g/mol. The van der Waals surface area contributed by atoms with Crippen LogP contribution in [-0.2, 0) is 4.79 Å². The lowest BCUT2D eigenvalue weighted by Gasteiger charge is -2.32. The molecule has 1 saturated heterocycles. The van der Waals surface area contributed by atoms with Gasteiger partial charge in [0.05, 0.1) is 6.20 Å². The summed E-state index contributed by atoms with van der Waals surface area (Å²) in [5, 5.41) is 2.75. The molecule has 20 heavy (non-hydrogen) atoms. The van der Waals surface area contributed by atoms with Crippen LogP contribution in [0.5, 0.6) is 0 Å². The maximum atomic E-state index is 12.1. The number of alkyl halides is 2. The predicted molar refractivity (Wildman–Crippen MR) is 74.6 cm³/mol. The molecule has 0 aromatic carbocycles. The summed E-state index contributed by atoms with van der Waals surface area (Å²) in [5.41, 5.74) is 0.330. The lowest BCUT2D eigenvalue weighted by atomic mass is 10.0. The topological polar surface area (TPSA) is 75.2 Å². The van der Waals surface area contributed by atoms with Gasteiger partial charge in [-0.15, -0.1) is 0 Å². The van der Waals surface area contributed by atoms with Crippen molar-refractivity contribution in [3.63, 3.8) is 0 Å². The molecule has 1 N–H and O–H groups in total. The molecule has 6 nitrogen and oxygen atoms in total. The zero-order valence-corrected chi connectivity index (χ0v) is 12.1. The van der Waals surface area contributed by atoms with Gasteiger partial charge in [0, 0.05) is 31.5 Å². The van der Waals surface area contributed by atoms with E-state index >= 15 is 0 Å². The van der Waals surface area contributed by atoms with E-state index in [4.69, 9.17) is 23.2 Å². The van der Waals surface area contributed by atoms with Crippen LogP contribution in [0.2, 0.25) is 0 Å². The number of nitrogens with zero attached hydrogens (tertiary/aromatic N) is 3. The number of rotatable bonds is 3. The van der Waals surface area contributed by atoms with Crippen molar-refractivity contribution in [2.24, 2.45) is 0 Å². The van der Waals surface area contributed by atoms with Crippen molar-refractivity contribution in [2.45, 2.75) is 23.7 Å². The van der Waals surface area contributed by atoms with Crippen molar-refractivity contribution in [1.29, 1.82) is 0 Å². The van der Waals surface area contributed by atoms with Crippen LogP contribution in [0.15, 0.2) is 18.6 Å². The molecule has 1 aromatic heterocycles. The highest BCUT2D eigenvalue weighted by Crippen LogP contribution is 2.13. The second-order valence-electron chi connectivity index (χ2n) is 4.47. The van der Waals surface area contributed by atoms with Gasteiger partial charge >= 0.3 is 0 Å². The van der Waals surface area contributed by atoms with Crippen molar-refractivity contribution in [3.05, 3.63) is 24.3 Å². The highest BCUT2D eigenvalue weighted by molar-refractivity contribution is 6.53. The average Bonchev–Trinajstić information content (AvgIpc) is 2.48. The Balaban J connectivity index is 1.85. The fourth-order valence-corrected chi connectivity index (χ4v) is 2.19. The number of likely N-dealkylation sites (tertiary alicyclic amines) is 1. The van der Waals surface area contributed by atoms with Crippen LogP contribution in [0, 0.1) is 0 Å². The summed E-state index contributed by atoms with van der Waals surface area (Å²) >= 11 is 11.0. The van der Waals surface area contributed by atoms with Gasteiger partial charge in [0.15, 0.2) is 4.84 Å². The molecule has 0 radical (unpaired) electrons. The minimum Gasteiger partial charge on any atom is -0.351 e. The number of hydrogen-bond acceptors (Lipinski definition) is 4. The van der Waals surface area contributed by atoms with Gasteiger partial charge in [-0.1, -0.05) is 23.2 Å². The van der Waals surface area contributed by atoms with Crippen molar-refractivity contribution >= 4 is 35.0 Å². The van der Waals surface area contributed by atoms with Crippen LogP contribution in [0.25, 0.3) is 0 Å². The van der Waals surface area contributed by atoms with Crippen molar-refractivity contribution in [1.82, 2.24) is 20.2 Å². The number of carbonyl (C=O) groups excluding carboxylic acids is 2. The Morgan fingerprint density at radius 1 is 1.30 bits per heavy atom. The number of hydrogen-bond donors (Lipinski definition) is 1. The largest absolute Gasteiger partial charge is 0.351 e. The SMILES string of the molecule is O=C(NC1CCN(C(=O)c2cnccn2)CC1)C(Cl)Cl. The Morgan fingerprint density at radius 3 is 2.55 bits per heavy atom. The van der Waals surface area contributed by atoms with Crippen LogP contribution in [0.4, 0.5) is 0 Å². The zero-order valence-electron chi connectivity index (χ0n) is 10.6. The first-order valence-electron chi connectivity index (χ1n) is 6.21. The van der Waals surface area contributed by atoms with Gasteiger partial charge in [-0.3, -0.25) is 14.6 Å². The number of nitrogens with one attached hydrogen (secondary N) is 1. The van der Waals surface area contributed by atoms with Gasteiger partial charge in [0.2, 0.25) is 0 Å². The van der Waals surface area contributed by atoms with E-state index in [9.17, 15) is 9.59 Å². The maximum absolute atomic E-state index is 12.1. The Bertz CT molecular complexity index is 476. The molecule has 0 atom stereocenters. The van der Waals surface area contributed by atoms with E-state index in [0.717, 1.165) is 0 Å². The van der Waals surface area contributed by atoms with Gasteiger partial charge < -0.3 is 10.2 Å². The molecule has 0 bridgehead atoms. The Labute approximate surface area is 126 Å². The quantitative estimate of drug-likeness (QED) is 0.844. The van der Waals surface area contributed by atoms with Crippen LogP contribution in [0.3, 0.4) is 0 Å². The number of halogens is 2. The fraction of sp³-hybridized carbons (Fsp3) is 0.500. The normalized spacial score (nSPS) is 16.2. The van der Waals surface area contributed by atoms with Crippen LogP contribution in [0.1, 0.15) is 23.3 Å². The van der Waals surface area contributed by atoms with E-state index in [-0.39, 0.29) is 11.9 Å². The van der Waals surface area contributed by atoms with E-state index in [0.29, 0.717) is 31.6 Å². The van der Waals surface area contributed by atoms with Gasteiger partial charge in [0.1, 0.15) is 5.69 Å². The maximum Gasteiger partial charge on any atom is 0.274 e. The standard InChI is InChI=1S/C12H14Cl2N4O2/c13-10(14)11(19)17-8-1-5-18(6-2-8)12(20)9-7-15-3-4-16-9/h3-4,7-8,10H,1-2,5-6H2,(H,17,19). The second-order valence-corrected chi connectivity index (χ2v) is 5.56. The van der Waals surface area contributed by atoms with Crippen molar-refractivity contribution in [2.75, 3.05) is 13.1 Å². The molecule has 1 fully saturated rings. The molecule has 2 amide bonds. The average molecular weight is 317 g/mol. The van der Waals surface area contributed by atoms with E-state index in [2.05, 4.69) is 15.3 Å². The molecule has 2 rings (SSSR count). The third kappa shape index (κ3) is 3.80. The van der Waals surface area contributed by atoms with E-state index in [1.54, 1.807) is 4.90 Å². The van der Waals surface area contributed by atoms with Gasteiger partial charge in [-0.05, 0) is 12.8 Å². The van der Waals surface area contributed by atoms with Gasteiger partial charge in [0.25, 0.3) is 11.8 Å². The predicted octanol–water partition coefficient (Wildman–Crippen LogP) is 1.00. The summed E-state index contributed by atoms with van der Waals surface area (Å²) < 4.78 is 0. The van der Waals surface area contributed by atoms with Crippen molar-refractivity contribution < 1.29 is 9.59 Å². The molecule has 0 saturated carbocycles. The van der Waals surface area contributed by atoms with Crippen LogP contribution in [-0.4, -0.2) is 50.6 Å². The van der Waals surface area contributed by atoms with Gasteiger partial charge in [-0.2, -0.15) is 0 Å². The molecule has 1 aromatic rings. The highest BCUT2D eigenvalue weighted by atomic mass is 35.5. The van der Waals surface area contributed by atoms with Crippen molar-refractivity contribution in [3.8, 4) is 0 Å². The highest BCUT2D eigenvalue weighted by Gasteiger charge is 2.26. The summed E-state index contributed by atoms with van der Waals surface area (Å²) in [6.45, 7) is 1.10. The lowest BCUT2D eigenvalue weighted by Crippen LogP contribution is -2.47. The molecule has 0 aliphatic carbocycles. The second kappa shape index (κ2) is 6.85. The van der Waals surface area contributed by atoms with Gasteiger partial charge in [-0.25, -0.2) is 4.98 Å². The number of aromatic nitrogens is 2. The zero-order chi connectivity index (χ0) is 14.5. The molecule has 1 aliphatic rings. The molecule has 0 spiro atoms.